The fraction of sp³-hybridized carbons (Fsp3) is 0.385. The average molecular weight is 526 g/mol. The van der Waals surface area contributed by atoms with E-state index in [2.05, 4.69) is 10.4 Å². The summed E-state index contributed by atoms with van der Waals surface area (Å²) in [5.74, 6) is -1.04. The van der Waals surface area contributed by atoms with Crippen LogP contribution >= 0.6 is 11.6 Å². The quantitative estimate of drug-likeness (QED) is 0.513. The number of carbonyl (C=O) groups excluding carboxylic acids is 3. The van der Waals surface area contributed by atoms with E-state index in [0.717, 1.165) is 18.2 Å². The molecule has 11 heteroatoms. The topological polar surface area (TPSA) is 120 Å². The second-order valence-corrected chi connectivity index (χ2v) is 10.5. The second-order valence-electron chi connectivity index (χ2n) is 10.1. The Morgan fingerprint density at radius 1 is 1.30 bits per heavy atom. The predicted molar refractivity (Wildman–Crippen MR) is 134 cm³/mol. The Balaban J connectivity index is 1.38. The van der Waals surface area contributed by atoms with Gasteiger partial charge in [-0.25, -0.2) is 9.18 Å². The maximum absolute atomic E-state index is 15.3. The number of likely N-dealkylation sites (tertiary alicyclic amines) is 1. The molecule has 1 aromatic heterocycles. The zero-order chi connectivity index (χ0) is 25.9. The molecule has 3 aliphatic rings. The van der Waals surface area contributed by atoms with Crippen LogP contribution in [0.4, 0.5) is 14.9 Å². The number of aromatic nitrogens is 2. The van der Waals surface area contributed by atoms with Crippen molar-refractivity contribution in [2.45, 2.75) is 43.7 Å². The number of piperidine rings is 1. The number of anilines is 1. The molecule has 3 heterocycles. The fourth-order valence-corrected chi connectivity index (χ4v) is 5.74. The number of nitrogens with two attached hydrogens (primary N) is 1. The Morgan fingerprint density at radius 2 is 2.11 bits per heavy atom. The van der Waals surface area contributed by atoms with E-state index in [4.69, 9.17) is 22.1 Å². The molecule has 1 aliphatic carbocycles. The van der Waals surface area contributed by atoms with Crippen molar-refractivity contribution >= 4 is 46.1 Å². The van der Waals surface area contributed by atoms with Crippen LogP contribution in [0.25, 0.3) is 10.9 Å². The first kappa shape index (κ1) is 23.7. The van der Waals surface area contributed by atoms with Gasteiger partial charge in [0.2, 0.25) is 11.8 Å². The molecule has 2 aliphatic heterocycles. The first-order chi connectivity index (χ1) is 17.8. The summed E-state index contributed by atoms with van der Waals surface area (Å²) < 4.78 is 22.7. The maximum Gasteiger partial charge on any atom is 0.412 e. The van der Waals surface area contributed by atoms with Crippen molar-refractivity contribution in [3.05, 3.63) is 58.5 Å². The van der Waals surface area contributed by atoms with Gasteiger partial charge in [0.05, 0.1) is 34.5 Å². The van der Waals surface area contributed by atoms with E-state index in [-0.39, 0.29) is 23.0 Å². The van der Waals surface area contributed by atoms with Crippen LogP contribution in [0, 0.1) is 11.7 Å². The Morgan fingerprint density at radius 3 is 2.86 bits per heavy atom. The first-order valence-electron chi connectivity index (χ1n) is 12.3. The largest absolute Gasteiger partial charge is 0.436 e. The molecular weight excluding hydrogens is 501 g/mol. The number of nitrogens with one attached hydrogen (secondary N) is 1. The number of carbonyl (C=O) groups is 3. The molecule has 1 saturated heterocycles. The lowest BCUT2D eigenvalue weighted by Crippen LogP contribution is -2.54. The lowest BCUT2D eigenvalue weighted by atomic mass is 9.82. The molecule has 2 atom stereocenters. The third-order valence-corrected chi connectivity index (χ3v) is 7.85. The van der Waals surface area contributed by atoms with E-state index in [0.29, 0.717) is 48.5 Å². The van der Waals surface area contributed by atoms with E-state index in [1.807, 2.05) is 0 Å². The lowest BCUT2D eigenvalue weighted by molar-refractivity contribution is -0.143. The van der Waals surface area contributed by atoms with Crippen LogP contribution in [-0.2, 0) is 15.1 Å². The monoisotopic (exact) mass is 525 g/mol. The number of fused-ring (bicyclic) bond motifs is 3. The smallest absolute Gasteiger partial charge is 0.412 e. The first-order valence-corrected chi connectivity index (χ1v) is 12.7. The van der Waals surface area contributed by atoms with Crippen molar-refractivity contribution in [2.24, 2.45) is 11.7 Å². The van der Waals surface area contributed by atoms with Crippen molar-refractivity contribution in [1.29, 1.82) is 0 Å². The molecule has 1 saturated carbocycles. The number of amides is 3. The summed E-state index contributed by atoms with van der Waals surface area (Å²) in [7, 11) is 0. The van der Waals surface area contributed by atoms with E-state index in [1.165, 1.54) is 6.07 Å². The van der Waals surface area contributed by atoms with Crippen LogP contribution in [0.1, 0.15) is 54.1 Å². The van der Waals surface area contributed by atoms with Gasteiger partial charge in [0, 0.05) is 17.5 Å². The summed E-state index contributed by atoms with van der Waals surface area (Å²) in [5.41, 5.74) is 5.55. The lowest BCUT2D eigenvalue weighted by Gasteiger charge is -2.45. The normalized spacial score (nSPS) is 21.9. The second kappa shape index (κ2) is 8.72. The highest BCUT2D eigenvalue weighted by Crippen LogP contribution is 2.46. The van der Waals surface area contributed by atoms with Crippen molar-refractivity contribution in [3.63, 3.8) is 0 Å². The van der Waals surface area contributed by atoms with Gasteiger partial charge in [-0.05, 0) is 49.4 Å². The molecule has 1 spiro atoms. The summed E-state index contributed by atoms with van der Waals surface area (Å²) >= 11 is 6.09. The number of rotatable bonds is 5. The van der Waals surface area contributed by atoms with Crippen LogP contribution in [0.5, 0.6) is 0 Å². The standard InChI is InChI=1S/C26H25ClFN5O4/c27-17-6-7-18-21(22(17)28)26(37-25(36)31-18)8-1-9-32(13-26)24(35)20(10-14-2-3-14)33-19-11-15(23(29)34)4-5-16(19)12-30-33/h4-7,11-12,14,20H,1-3,8-10,13H2,(H2,29,34)(H,31,36)/t20-,26-/m0/s1. The fourth-order valence-electron chi connectivity index (χ4n) is 5.59. The molecule has 37 heavy (non-hydrogen) atoms. The van der Waals surface area contributed by atoms with Gasteiger partial charge in [-0.1, -0.05) is 30.5 Å². The molecule has 2 fully saturated rings. The van der Waals surface area contributed by atoms with Gasteiger partial charge in [-0.15, -0.1) is 0 Å². The highest BCUT2D eigenvalue weighted by molar-refractivity contribution is 6.31. The van der Waals surface area contributed by atoms with Gasteiger partial charge >= 0.3 is 6.09 Å². The van der Waals surface area contributed by atoms with E-state index in [1.54, 1.807) is 40.0 Å². The Hall–Kier alpha value is -3.66. The summed E-state index contributed by atoms with van der Waals surface area (Å²) in [6, 6.07) is 7.33. The summed E-state index contributed by atoms with van der Waals surface area (Å²) in [6.45, 7) is 0.423. The molecule has 0 bridgehead atoms. The number of hydrogen-bond donors (Lipinski definition) is 2. The third-order valence-electron chi connectivity index (χ3n) is 7.56. The molecule has 2 aromatic carbocycles. The summed E-state index contributed by atoms with van der Waals surface area (Å²) in [5, 5.41) is 7.76. The molecule has 0 unspecified atom stereocenters. The highest BCUT2D eigenvalue weighted by Gasteiger charge is 2.49. The molecule has 3 amide bonds. The number of primary amides is 1. The Bertz CT molecular complexity index is 1450. The zero-order valence-corrected chi connectivity index (χ0v) is 20.6. The number of benzene rings is 2. The minimum absolute atomic E-state index is 0.00355. The SMILES string of the molecule is NC(=O)c1ccc2cnn([C@@H](CC3CC3)C(=O)N3CCC[C@@]4(C3)OC(=O)Nc3ccc(Cl)c(F)c34)c2c1. The zero-order valence-electron chi connectivity index (χ0n) is 19.9. The summed E-state index contributed by atoms with van der Waals surface area (Å²) in [6.07, 6.45) is 4.46. The van der Waals surface area contributed by atoms with E-state index in [9.17, 15) is 14.4 Å². The van der Waals surface area contributed by atoms with Crippen molar-refractivity contribution in [1.82, 2.24) is 14.7 Å². The molecule has 0 radical (unpaired) electrons. The molecule has 3 aromatic rings. The van der Waals surface area contributed by atoms with Crippen LogP contribution in [-0.4, -0.2) is 45.7 Å². The minimum Gasteiger partial charge on any atom is -0.436 e. The minimum atomic E-state index is -1.35. The van der Waals surface area contributed by atoms with Crippen LogP contribution < -0.4 is 11.1 Å². The van der Waals surface area contributed by atoms with Gasteiger partial charge in [0.15, 0.2) is 11.4 Å². The van der Waals surface area contributed by atoms with Crippen molar-refractivity contribution in [3.8, 4) is 0 Å². The van der Waals surface area contributed by atoms with Crippen LogP contribution in [0.2, 0.25) is 5.02 Å². The van der Waals surface area contributed by atoms with Crippen LogP contribution in [0.3, 0.4) is 0 Å². The van der Waals surface area contributed by atoms with Gasteiger partial charge in [-0.3, -0.25) is 19.6 Å². The summed E-state index contributed by atoms with van der Waals surface area (Å²) in [4.78, 5) is 40.0. The van der Waals surface area contributed by atoms with Crippen molar-refractivity contribution < 1.29 is 23.5 Å². The number of halogens is 2. The number of ether oxygens (including phenoxy) is 1. The van der Waals surface area contributed by atoms with Crippen LogP contribution in [0.15, 0.2) is 36.5 Å². The molecule has 3 N–H and O–H groups in total. The Labute approximate surface area is 216 Å². The van der Waals surface area contributed by atoms with E-state index >= 15 is 4.39 Å². The molecule has 9 nitrogen and oxygen atoms in total. The number of hydrogen-bond acceptors (Lipinski definition) is 5. The van der Waals surface area contributed by atoms with Gasteiger partial charge in [-0.2, -0.15) is 5.10 Å². The van der Waals surface area contributed by atoms with Gasteiger partial charge in [0.1, 0.15) is 6.04 Å². The Kier molecular flexibility index (Phi) is 5.59. The van der Waals surface area contributed by atoms with Crippen molar-refractivity contribution in [2.75, 3.05) is 18.4 Å². The highest BCUT2D eigenvalue weighted by atomic mass is 35.5. The molecule has 192 valence electrons. The van der Waals surface area contributed by atoms with Gasteiger partial charge < -0.3 is 15.4 Å². The number of nitrogens with zero attached hydrogens (tertiary/aromatic N) is 3. The molecular formula is C26H25ClFN5O4. The maximum atomic E-state index is 15.3. The van der Waals surface area contributed by atoms with Gasteiger partial charge in [0.25, 0.3) is 0 Å². The molecule has 6 rings (SSSR count). The van der Waals surface area contributed by atoms with E-state index < -0.39 is 29.5 Å². The third kappa shape index (κ3) is 4.09. The predicted octanol–water partition coefficient (Wildman–Crippen LogP) is 4.35. The average Bonchev–Trinajstić information content (AvgIpc) is 3.60.